The van der Waals surface area contributed by atoms with Crippen LogP contribution in [0.15, 0.2) is 18.2 Å². The number of carbonyl (C=O) groups excluding carboxylic acids is 1. The summed E-state index contributed by atoms with van der Waals surface area (Å²) in [5.41, 5.74) is -2.51. The minimum absolute atomic E-state index is 0.0695. The van der Waals surface area contributed by atoms with Crippen molar-refractivity contribution in [3.8, 4) is 6.07 Å². The Morgan fingerprint density at radius 3 is 2.56 bits per heavy atom. The van der Waals surface area contributed by atoms with E-state index in [0.29, 0.717) is 12.1 Å². The van der Waals surface area contributed by atoms with E-state index >= 15 is 0 Å². The van der Waals surface area contributed by atoms with Crippen LogP contribution in [0.5, 0.6) is 0 Å². The Kier molecular flexibility index (Phi) is 6.44. The summed E-state index contributed by atoms with van der Waals surface area (Å²) in [4.78, 5) is 18.9. The number of aromatic nitrogens is 1. The van der Waals surface area contributed by atoms with Crippen LogP contribution in [-0.2, 0) is 21.8 Å². The summed E-state index contributed by atoms with van der Waals surface area (Å²) in [6, 6.07) is 2.22. The minimum Gasteiger partial charge on any atom is -0.331 e. The van der Waals surface area contributed by atoms with E-state index in [1.807, 2.05) is 0 Å². The van der Waals surface area contributed by atoms with E-state index in [4.69, 9.17) is 11.6 Å². The number of halogens is 6. The number of hydrogen-bond acceptors (Lipinski definition) is 5. The molecule has 170 valence electrons. The second kappa shape index (κ2) is 8.63. The number of aryl methyl sites for hydroxylation is 1. The van der Waals surface area contributed by atoms with Crippen LogP contribution in [-0.4, -0.2) is 39.8 Å². The van der Waals surface area contributed by atoms with Crippen LogP contribution in [0.4, 0.5) is 33.5 Å². The van der Waals surface area contributed by atoms with Crippen LogP contribution in [0.25, 0.3) is 0 Å². The third-order valence-corrected chi connectivity index (χ3v) is 6.33. The standard InChI is InChI=1S/C19H14ClF5N4O2S/c1-9-3-11(19(23,24)25)10(6-26)17(27-9)29-8-32(31)7-16(29)18(30)28(2)15-4-12(20)13(21)5-14(15)22/h3-5,16H,7-8H2,1-2H3/t16-,32?/m1/s1. The van der Waals surface area contributed by atoms with Crippen molar-refractivity contribution in [1.29, 1.82) is 5.26 Å². The number of nitriles is 1. The van der Waals surface area contributed by atoms with Crippen molar-refractivity contribution in [1.82, 2.24) is 4.98 Å². The zero-order chi connectivity index (χ0) is 24.0. The number of pyridine rings is 1. The summed E-state index contributed by atoms with van der Waals surface area (Å²) in [7, 11) is -0.510. The van der Waals surface area contributed by atoms with E-state index in [9.17, 15) is 36.2 Å². The monoisotopic (exact) mass is 492 g/mol. The molecule has 1 aromatic carbocycles. The lowest BCUT2D eigenvalue weighted by Crippen LogP contribution is -2.46. The Balaban J connectivity index is 2.07. The molecule has 2 atom stereocenters. The zero-order valence-electron chi connectivity index (χ0n) is 16.5. The maximum atomic E-state index is 14.2. The van der Waals surface area contributed by atoms with Gasteiger partial charge in [-0.1, -0.05) is 11.6 Å². The van der Waals surface area contributed by atoms with Crippen molar-refractivity contribution in [2.75, 3.05) is 28.5 Å². The second-order valence-corrected chi connectivity index (χ2v) is 8.83. The van der Waals surface area contributed by atoms with Crippen molar-refractivity contribution >= 4 is 39.8 Å². The molecule has 13 heteroatoms. The van der Waals surface area contributed by atoms with E-state index in [1.54, 1.807) is 0 Å². The third kappa shape index (κ3) is 4.40. The minimum atomic E-state index is -4.86. The molecule has 0 radical (unpaired) electrons. The molecule has 0 N–H and O–H groups in total. The van der Waals surface area contributed by atoms with E-state index in [-0.39, 0.29) is 23.0 Å². The Morgan fingerprint density at radius 1 is 1.31 bits per heavy atom. The summed E-state index contributed by atoms with van der Waals surface area (Å²) >= 11 is 5.67. The SMILES string of the molecule is Cc1cc(C(F)(F)F)c(C#N)c(N2CS(=O)C[C@@H]2C(=O)N(C)c2cc(Cl)c(F)cc2F)n1. The second-order valence-electron chi connectivity index (χ2n) is 6.96. The van der Waals surface area contributed by atoms with Gasteiger partial charge in [-0.3, -0.25) is 9.00 Å². The highest BCUT2D eigenvalue weighted by Crippen LogP contribution is 2.37. The maximum absolute atomic E-state index is 14.2. The predicted molar refractivity (Wildman–Crippen MR) is 108 cm³/mol. The van der Waals surface area contributed by atoms with Crippen LogP contribution >= 0.6 is 11.6 Å². The summed E-state index contributed by atoms with van der Waals surface area (Å²) in [6.45, 7) is 1.28. The number of carbonyl (C=O) groups is 1. The van der Waals surface area contributed by atoms with Crippen LogP contribution in [0, 0.1) is 29.9 Å². The van der Waals surface area contributed by atoms with Gasteiger partial charge in [0.15, 0.2) is 0 Å². The van der Waals surface area contributed by atoms with Crippen LogP contribution < -0.4 is 9.80 Å². The van der Waals surface area contributed by atoms with Gasteiger partial charge in [0.2, 0.25) is 0 Å². The van der Waals surface area contributed by atoms with Gasteiger partial charge in [0.05, 0.1) is 27.9 Å². The van der Waals surface area contributed by atoms with Crippen molar-refractivity contribution in [2.24, 2.45) is 0 Å². The van der Waals surface area contributed by atoms with Gasteiger partial charge in [-0.15, -0.1) is 0 Å². The topological polar surface area (TPSA) is 77.3 Å². The Labute approximate surface area is 186 Å². The lowest BCUT2D eigenvalue weighted by Gasteiger charge is -2.29. The number of rotatable bonds is 3. The van der Waals surface area contributed by atoms with Gasteiger partial charge >= 0.3 is 6.18 Å². The molecule has 32 heavy (non-hydrogen) atoms. The van der Waals surface area contributed by atoms with E-state index < -0.39 is 62.5 Å². The first-order chi connectivity index (χ1) is 14.8. The molecule has 1 aliphatic rings. The van der Waals surface area contributed by atoms with E-state index in [2.05, 4.69) is 4.98 Å². The Morgan fingerprint density at radius 2 is 1.97 bits per heavy atom. The molecule has 0 aliphatic carbocycles. The van der Waals surface area contributed by atoms with Crippen molar-refractivity contribution in [3.63, 3.8) is 0 Å². The number of amides is 1. The number of likely N-dealkylation sites (N-methyl/N-ethyl adjacent to an activating group) is 1. The Bertz CT molecular complexity index is 1170. The molecule has 1 aliphatic heterocycles. The first-order valence-electron chi connectivity index (χ1n) is 8.87. The highest BCUT2D eigenvalue weighted by atomic mass is 35.5. The molecule has 1 unspecified atom stereocenters. The fraction of sp³-hybridized carbons (Fsp3) is 0.316. The van der Waals surface area contributed by atoms with E-state index in [1.165, 1.54) is 13.0 Å². The Hall–Kier alpha value is -2.78. The van der Waals surface area contributed by atoms with Gasteiger partial charge in [-0.2, -0.15) is 18.4 Å². The lowest BCUT2D eigenvalue weighted by atomic mass is 10.1. The largest absolute Gasteiger partial charge is 0.417 e. The quantitative estimate of drug-likeness (QED) is 0.481. The summed E-state index contributed by atoms with van der Waals surface area (Å²) in [6.07, 6.45) is -4.86. The summed E-state index contributed by atoms with van der Waals surface area (Å²) < 4.78 is 80.3. The molecule has 0 spiro atoms. The molecule has 1 saturated heterocycles. The smallest absolute Gasteiger partial charge is 0.331 e. The molecule has 0 saturated carbocycles. The predicted octanol–water partition coefficient (Wildman–Crippen LogP) is 3.77. The molecule has 1 amide bonds. The van der Waals surface area contributed by atoms with Crippen LogP contribution in [0.2, 0.25) is 5.02 Å². The first-order valence-corrected chi connectivity index (χ1v) is 10.7. The molecule has 0 bridgehead atoms. The molecule has 6 nitrogen and oxygen atoms in total. The molecular weight excluding hydrogens is 479 g/mol. The molecule has 3 rings (SSSR count). The van der Waals surface area contributed by atoms with Gasteiger partial charge in [0.1, 0.15) is 35.1 Å². The molecule has 1 fully saturated rings. The van der Waals surface area contributed by atoms with Gasteiger partial charge in [-0.05, 0) is 19.1 Å². The molecule has 2 heterocycles. The molecule has 1 aromatic heterocycles. The number of anilines is 2. The van der Waals surface area contributed by atoms with E-state index in [0.717, 1.165) is 22.9 Å². The fourth-order valence-corrected chi connectivity index (χ4v) is 4.84. The number of alkyl halides is 3. The van der Waals surface area contributed by atoms with Gasteiger partial charge in [-0.25, -0.2) is 13.8 Å². The van der Waals surface area contributed by atoms with Crippen molar-refractivity contribution in [3.05, 3.63) is 51.7 Å². The highest BCUT2D eigenvalue weighted by molar-refractivity contribution is 7.85. The van der Waals surface area contributed by atoms with Gasteiger partial charge < -0.3 is 9.80 Å². The van der Waals surface area contributed by atoms with Crippen LogP contribution in [0.1, 0.15) is 16.8 Å². The first kappa shape index (κ1) is 23.9. The van der Waals surface area contributed by atoms with Crippen molar-refractivity contribution < 1.29 is 31.0 Å². The van der Waals surface area contributed by atoms with Gasteiger partial charge in [0.25, 0.3) is 5.91 Å². The number of benzene rings is 1. The fourth-order valence-electron chi connectivity index (χ4n) is 3.29. The average Bonchev–Trinajstić information content (AvgIpc) is 3.09. The lowest BCUT2D eigenvalue weighted by molar-refractivity contribution is -0.137. The highest BCUT2D eigenvalue weighted by Gasteiger charge is 2.42. The maximum Gasteiger partial charge on any atom is 0.417 e. The van der Waals surface area contributed by atoms with Gasteiger partial charge in [0, 0.05) is 29.6 Å². The van der Waals surface area contributed by atoms with Crippen LogP contribution in [0.3, 0.4) is 0 Å². The van der Waals surface area contributed by atoms with Crippen molar-refractivity contribution in [2.45, 2.75) is 19.1 Å². The third-order valence-electron chi connectivity index (χ3n) is 4.79. The summed E-state index contributed by atoms with van der Waals surface area (Å²) in [5.74, 6) is -4.09. The molecular formula is C19H14ClF5N4O2S. The summed E-state index contributed by atoms with van der Waals surface area (Å²) in [5, 5.41) is 8.95. The normalized spacial score (nSPS) is 18.5. The molecule has 2 aromatic rings. The number of nitrogens with zero attached hydrogens (tertiary/aromatic N) is 4. The zero-order valence-corrected chi connectivity index (χ0v) is 18.1. The number of hydrogen-bond donors (Lipinski definition) is 0. The average molecular weight is 493 g/mol.